The molecule has 0 spiro atoms. The second-order valence-electron chi connectivity index (χ2n) is 1.89. The van der Waals surface area contributed by atoms with Crippen LogP contribution in [-0.4, -0.2) is 21.7 Å². The lowest BCUT2D eigenvalue weighted by Gasteiger charge is -1.93. The SMILES string of the molecule is Nc1nc(Cl)cc(C#CCO)n1. The minimum Gasteiger partial charge on any atom is -0.384 e. The lowest BCUT2D eigenvalue weighted by atomic mass is 10.4. The summed E-state index contributed by atoms with van der Waals surface area (Å²) in [4.78, 5) is 7.41. The molecule has 62 valence electrons. The Labute approximate surface area is 74.4 Å². The Morgan fingerprint density at radius 3 is 2.92 bits per heavy atom. The molecule has 0 saturated heterocycles. The summed E-state index contributed by atoms with van der Waals surface area (Å²) < 4.78 is 0. The van der Waals surface area contributed by atoms with E-state index >= 15 is 0 Å². The molecule has 5 heteroatoms. The van der Waals surface area contributed by atoms with Crippen LogP contribution in [0.3, 0.4) is 0 Å². The third-order valence-corrected chi connectivity index (χ3v) is 1.20. The van der Waals surface area contributed by atoms with E-state index in [1.165, 1.54) is 6.07 Å². The summed E-state index contributed by atoms with van der Waals surface area (Å²) >= 11 is 5.57. The fourth-order valence-corrected chi connectivity index (χ4v) is 0.819. The highest BCUT2D eigenvalue weighted by molar-refractivity contribution is 6.29. The Morgan fingerprint density at radius 2 is 2.33 bits per heavy atom. The highest BCUT2D eigenvalue weighted by Gasteiger charge is 1.95. The summed E-state index contributed by atoms with van der Waals surface area (Å²) in [7, 11) is 0. The number of hydrogen-bond donors (Lipinski definition) is 2. The number of halogens is 1. The van der Waals surface area contributed by atoms with Crippen LogP contribution in [0.5, 0.6) is 0 Å². The quantitative estimate of drug-likeness (QED) is 0.441. The first-order chi connectivity index (χ1) is 5.72. The summed E-state index contributed by atoms with van der Waals surface area (Å²) in [6.45, 7) is -0.221. The zero-order valence-corrected chi connectivity index (χ0v) is 6.84. The molecule has 0 amide bonds. The van der Waals surface area contributed by atoms with E-state index in [0.717, 1.165) is 0 Å². The van der Waals surface area contributed by atoms with Crippen LogP contribution in [0, 0.1) is 11.8 Å². The molecular weight excluding hydrogens is 178 g/mol. The predicted octanol–water partition coefficient (Wildman–Crippen LogP) is 0.0560. The summed E-state index contributed by atoms with van der Waals surface area (Å²) in [6, 6.07) is 1.47. The van der Waals surface area contributed by atoms with Crippen molar-refractivity contribution in [2.75, 3.05) is 12.3 Å². The fourth-order valence-electron chi connectivity index (χ4n) is 0.629. The Morgan fingerprint density at radius 1 is 1.58 bits per heavy atom. The molecule has 1 aromatic rings. The van der Waals surface area contributed by atoms with Crippen molar-refractivity contribution in [1.29, 1.82) is 0 Å². The third kappa shape index (κ3) is 2.38. The Kier molecular flexibility index (Phi) is 2.86. The lowest BCUT2D eigenvalue weighted by molar-refractivity contribution is 0.350. The second-order valence-corrected chi connectivity index (χ2v) is 2.28. The Balaban J connectivity index is 3.01. The van der Waals surface area contributed by atoms with E-state index in [4.69, 9.17) is 22.4 Å². The van der Waals surface area contributed by atoms with Crippen LogP contribution < -0.4 is 5.73 Å². The van der Waals surface area contributed by atoms with E-state index in [9.17, 15) is 0 Å². The number of nitrogens with zero attached hydrogens (tertiary/aromatic N) is 2. The number of hydrogen-bond acceptors (Lipinski definition) is 4. The number of aromatic nitrogens is 2. The maximum absolute atomic E-state index is 8.38. The molecule has 0 fully saturated rings. The standard InChI is InChI=1S/C7H6ClN3O/c8-6-4-5(2-1-3-12)10-7(9)11-6/h4,12H,3H2,(H2,9,10,11). The van der Waals surface area contributed by atoms with E-state index in [1.807, 2.05) is 0 Å². The van der Waals surface area contributed by atoms with Gasteiger partial charge in [-0.3, -0.25) is 0 Å². The second kappa shape index (κ2) is 3.90. The van der Waals surface area contributed by atoms with Crippen LogP contribution in [0.2, 0.25) is 5.15 Å². The maximum Gasteiger partial charge on any atom is 0.222 e. The van der Waals surface area contributed by atoms with Gasteiger partial charge in [0, 0.05) is 6.07 Å². The number of nitrogens with two attached hydrogens (primary N) is 1. The van der Waals surface area contributed by atoms with Crippen molar-refractivity contribution < 1.29 is 5.11 Å². The first-order valence-corrected chi connectivity index (χ1v) is 3.50. The minimum atomic E-state index is -0.221. The number of aliphatic hydroxyl groups is 1. The zero-order chi connectivity index (χ0) is 8.97. The van der Waals surface area contributed by atoms with Gasteiger partial charge in [0.05, 0.1) is 0 Å². The van der Waals surface area contributed by atoms with Crippen molar-refractivity contribution in [3.05, 3.63) is 16.9 Å². The number of anilines is 1. The molecule has 0 bridgehead atoms. The van der Waals surface area contributed by atoms with E-state index in [-0.39, 0.29) is 17.7 Å². The van der Waals surface area contributed by atoms with Gasteiger partial charge in [0.15, 0.2) is 0 Å². The first-order valence-electron chi connectivity index (χ1n) is 3.12. The van der Waals surface area contributed by atoms with Crippen molar-refractivity contribution in [2.45, 2.75) is 0 Å². The number of aliphatic hydroxyl groups excluding tert-OH is 1. The predicted molar refractivity (Wildman–Crippen MR) is 45.4 cm³/mol. The van der Waals surface area contributed by atoms with Crippen molar-refractivity contribution >= 4 is 17.5 Å². The van der Waals surface area contributed by atoms with E-state index in [1.54, 1.807) is 0 Å². The van der Waals surface area contributed by atoms with E-state index < -0.39 is 0 Å². The lowest BCUT2D eigenvalue weighted by Crippen LogP contribution is -1.96. The van der Waals surface area contributed by atoms with Gasteiger partial charge < -0.3 is 10.8 Å². The summed E-state index contributed by atoms with van der Waals surface area (Å²) in [6.07, 6.45) is 0. The molecule has 0 aliphatic carbocycles. The molecule has 1 rings (SSSR count). The highest BCUT2D eigenvalue weighted by Crippen LogP contribution is 2.06. The van der Waals surface area contributed by atoms with Gasteiger partial charge in [0.2, 0.25) is 5.95 Å². The summed E-state index contributed by atoms with van der Waals surface area (Å²) in [5.74, 6) is 5.05. The largest absolute Gasteiger partial charge is 0.384 e. The molecule has 1 aromatic heterocycles. The highest BCUT2D eigenvalue weighted by atomic mass is 35.5. The monoisotopic (exact) mass is 183 g/mol. The minimum absolute atomic E-state index is 0.0738. The van der Waals surface area contributed by atoms with Gasteiger partial charge in [0.25, 0.3) is 0 Å². The van der Waals surface area contributed by atoms with Crippen LogP contribution in [0.1, 0.15) is 5.69 Å². The molecule has 1 heterocycles. The van der Waals surface area contributed by atoms with Crippen LogP contribution in [0.4, 0.5) is 5.95 Å². The molecule has 0 aliphatic rings. The van der Waals surface area contributed by atoms with Crippen molar-refractivity contribution in [2.24, 2.45) is 0 Å². The topological polar surface area (TPSA) is 72.0 Å². The van der Waals surface area contributed by atoms with Gasteiger partial charge in [-0.05, 0) is 5.92 Å². The Hall–Kier alpha value is -1.31. The smallest absolute Gasteiger partial charge is 0.222 e. The molecule has 3 N–H and O–H groups in total. The first kappa shape index (κ1) is 8.78. The van der Waals surface area contributed by atoms with Crippen LogP contribution >= 0.6 is 11.6 Å². The van der Waals surface area contributed by atoms with Gasteiger partial charge in [-0.1, -0.05) is 17.5 Å². The van der Waals surface area contributed by atoms with Crippen molar-refractivity contribution in [1.82, 2.24) is 9.97 Å². The summed E-state index contributed by atoms with van der Waals surface area (Å²) in [5, 5.41) is 8.63. The molecule has 0 radical (unpaired) electrons. The molecule has 0 aromatic carbocycles. The van der Waals surface area contributed by atoms with Gasteiger partial charge in [-0.15, -0.1) is 0 Å². The molecule has 12 heavy (non-hydrogen) atoms. The fraction of sp³-hybridized carbons (Fsp3) is 0.143. The van der Waals surface area contributed by atoms with E-state index in [0.29, 0.717) is 5.69 Å². The normalized spacial score (nSPS) is 8.83. The molecule has 0 aliphatic heterocycles. The summed E-state index contributed by atoms with van der Waals surface area (Å²) in [5.41, 5.74) is 5.70. The van der Waals surface area contributed by atoms with Crippen LogP contribution in [0.25, 0.3) is 0 Å². The van der Waals surface area contributed by atoms with Gasteiger partial charge in [-0.25, -0.2) is 9.97 Å². The maximum atomic E-state index is 8.38. The van der Waals surface area contributed by atoms with Crippen LogP contribution in [0.15, 0.2) is 6.07 Å². The van der Waals surface area contributed by atoms with Gasteiger partial charge in [0.1, 0.15) is 17.5 Å². The molecular formula is C7H6ClN3O. The average molecular weight is 184 g/mol. The van der Waals surface area contributed by atoms with Crippen molar-refractivity contribution in [3.8, 4) is 11.8 Å². The van der Waals surface area contributed by atoms with Gasteiger partial charge in [-0.2, -0.15) is 0 Å². The molecule has 0 atom stereocenters. The van der Waals surface area contributed by atoms with Crippen molar-refractivity contribution in [3.63, 3.8) is 0 Å². The van der Waals surface area contributed by atoms with E-state index in [2.05, 4.69) is 21.8 Å². The molecule has 0 saturated carbocycles. The number of rotatable bonds is 0. The average Bonchev–Trinajstić information content (AvgIpc) is 1.99. The third-order valence-electron chi connectivity index (χ3n) is 1.01. The van der Waals surface area contributed by atoms with Crippen LogP contribution in [-0.2, 0) is 0 Å². The zero-order valence-electron chi connectivity index (χ0n) is 6.08. The van der Waals surface area contributed by atoms with Gasteiger partial charge >= 0.3 is 0 Å². The number of nitrogen functional groups attached to an aromatic ring is 1. The molecule has 4 nitrogen and oxygen atoms in total. The molecule has 0 unspecified atom stereocenters. The Bertz CT molecular complexity index is 322.